The molecule has 0 saturated carbocycles. The summed E-state index contributed by atoms with van der Waals surface area (Å²) < 4.78 is 5.41. The van der Waals surface area contributed by atoms with Crippen LogP contribution in [0.3, 0.4) is 0 Å². The predicted molar refractivity (Wildman–Crippen MR) is 83.5 cm³/mol. The number of hydrogen-bond acceptors (Lipinski definition) is 2. The second-order valence-electron chi connectivity index (χ2n) is 7.91. The van der Waals surface area contributed by atoms with Crippen LogP contribution in [0.4, 0.5) is 0 Å². The summed E-state index contributed by atoms with van der Waals surface area (Å²) in [6, 6.07) is 0. The van der Waals surface area contributed by atoms with Crippen LogP contribution in [-0.2, 0) is 9.53 Å². The molecule has 3 aliphatic rings. The molecule has 2 atom stereocenters. The number of hydrogen-bond donors (Lipinski definition) is 3. The highest BCUT2D eigenvalue weighted by Crippen LogP contribution is 2.31. The van der Waals surface area contributed by atoms with Gasteiger partial charge in [0.2, 0.25) is 6.67 Å². The minimum absolute atomic E-state index is 0.0522. The van der Waals surface area contributed by atoms with E-state index in [-0.39, 0.29) is 11.3 Å². The van der Waals surface area contributed by atoms with E-state index in [4.69, 9.17) is 4.74 Å². The molecule has 124 valence electrons. The Morgan fingerprint density at radius 3 is 2.77 bits per heavy atom. The number of allylic oxidation sites excluding steroid dienone is 1. The first-order valence-corrected chi connectivity index (χ1v) is 8.87. The quantitative estimate of drug-likeness (QED) is 0.526. The van der Waals surface area contributed by atoms with Crippen LogP contribution in [-0.4, -0.2) is 58.4 Å². The average molecular weight is 310 g/mol. The van der Waals surface area contributed by atoms with Crippen molar-refractivity contribution in [3.63, 3.8) is 0 Å². The smallest absolute Gasteiger partial charge is 0.207 e. The summed E-state index contributed by atoms with van der Waals surface area (Å²) >= 11 is 0. The minimum atomic E-state index is 0.0522. The highest BCUT2D eigenvalue weighted by atomic mass is 16.5. The normalized spacial score (nSPS) is 32.5. The third-order valence-electron chi connectivity index (χ3n) is 5.36. The molecule has 2 fully saturated rings. The van der Waals surface area contributed by atoms with Gasteiger partial charge in [0.15, 0.2) is 5.78 Å². The zero-order valence-corrected chi connectivity index (χ0v) is 14.1. The van der Waals surface area contributed by atoms with Gasteiger partial charge >= 0.3 is 0 Å². The zero-order valence-electron chi connectivity index (χ0n) is 14.1. The average Bonchev–Trinajstić information content (AvgIpc) is 2.48. The summed E-state index contributed by atoms with van der Waals surface area (Å²) in [5.74, 6) is 0.627. The lowest BCUT2D eigenvalue weighted by atomic mass is 9.75. The summed E-state index contributed by atoms with van der Waals surface area (Å²) in [6.07, 6.45) is 4.30. The lowest BCUT2D eigenvalue weighted by Crippen LogP contribution is -3.25. The predicted octanol–water partition coefficient (Wildman–Crippen LogP) is -2.79. The Morgan fingerprint density at radius 1 is 1.27 bits per heavy atom. The van der Waals surface area contributed by atoms with Gasteiger partial charge in [-0.05, 0) is 11.5 Å². The maximum Gasteiger partial charge on any atom is 0.207 e. The van der Waals surface area contributed by atoms with Crippen LogP contribution in [0.25, 0.3) is 0 Å². The van der Waals surface area contributed by atoms with Crippen LogP contribution in [0.2, 0.25) is 0 Å². The number of rotatable bonds is 4. The molecule has 0 bridgehead atoms. The van der Waals surface area contributed by atoms with Crippen molar-refractivity contribution in [1.29, 1.82) is 0 Å². The van der Waals surface area contributed by atoms with E-state index in [9.17, 15) is 4.79 Å². The molecule has 2 saturated heterocycles. The molecule has 3 rings (SSSR count). The summed E-state index contributed by atoms with van der Waals surface area (Å²) in [4.78, 5) is 15.7. The molecular weight excluding hydrogens is 278 g/mol. The Hall–Kier alpha value is -0.750. The largest absolute Gasteiger partial charge is 0.370 e. The number of carbonyl (C=O) groups is 1. The van der Waals surface area contributed by atoms with Gasteiger partial charge in [-0.25, -0.2) is 0 Å². The van der Waals surface area contributed by atoms with Gasteiger partial charge in [0, 0.05) is 12.8 Å². The number of morpholine rings is 1. The molecule has 4 N–H and O–H groups in total. The van der Waals surface area contributed by atoms with E-state index in [0.29, 0.717) is 12.2 Å². The zero-order chi connectivity index (χ0) is 15.6. The van der Waals surface area contributed by atoms with Gasteiger partial charge in [-0.2, -0.15) is 0 Å². The highest BCUT2D eigenvalue weighted by molar-refractivity contribution is 5.85. The number of ketones is 1. The van der Waals surface area contributed by atoms with Crippen LogP contribution < -0.4 is 15.1 Å². The number of Topliss-reactive ketones (excluding diaryl/α,β-unsaturated/α-hetero) is 1. The monoisotopic (exact) mass is 310 g/mol. The van der Waals surface area contributed by atoms with Gasteiger partial charge in [0.1, 0.15) is 31.2 Å². The second kappa shape index (κ2) is 6.79. The maximum absolute atomic E-state index is 12.4. The molecule has 5 heteroatoms. The first-order valence-electron chi connectivity index (χ1n) is 8.87. The van der Waals surface area contributed by atoms with Crippen LogP contribution >= 0.6 is 0 Å². The molecule has 0 aromatic rings. The molecule has 0 aromatic carbocycles. The highest BCUT2D eigenvalue weighted by Gasteiger charge is 2.42. The van der Waals surface area contributed by atoms with E-state index in [1.807, 2.05) is 0 Å². The minimum Gasteiger partial charge on any atom is -0.370 e. The molecular formula is C17H32N3O2+3. The molecule has 5 nitrogen and oxygen atoms in total. The second-order valence-corrected chi connectivity index (χ2v) is 7.91. The summed E-state index contributed by atoms with van der Waals surface area (Å²) in [6.45, 7) is 13.0. The molecule has 1 aliphatic carbocycles. The van der Waals surface area contributed by atoms with Crippen molar-refractivity contribution in [2.75, 3.05) is 52.6 Å². The fraction of sp³-hybridized carbons (Fsp3) is 0.824. The lowest BCUT2D eigenvalue weighted by molar-refractivity contribution is -1.01. The number of carbonyl (C=O) groups excluding carboxylic acids is 1. The summed E-state index contributed by atoms with van der Waals surface area (Å²) in [5, 5.41) is 2.32. The van der Waals surface area contributed by atoms with Crippen molar-refractivity contribution < 1.29 is 24.6 Å². The van der Waals surface area contributed by atoms with Crippen molar-refractivity contribution in [2.45, 2.75) is 26.7 Å². The van der Waals surface area contributed by atoms with Gasteiger partial charge < -0.3 is 9.64 Å². The van der Waals surface area contributed by atoms with Crippen molar-refractivity contribution in [3.8, 4) is 0 Å². The standard InChI is InChI=1S/C17H29N3O2/c1-17(2)10-15-14(16(21)11-17)12-20(13-18-15)5-3-4-19-6-8-22-9-7-19/h10,14,18H,3-9,11-13H2,1-2H3/p+3/t14-/m0/s1. The van der Waals surface area contributed by atoms with Crippen LogP contribution in [0.1, 0.15) is 26.7 Å². The molecule has 0 aromatic heterocycles. The number of ether oxygens (including phenoxy) is 1. The SMILES string of the molecule is CC1(C)C=C2[NH2+]C[NH+](CCC[NH+]3CCOCC3)C[C@@H]2C(=O)C1. The van der Waals surface area contributed by atoms with E-state index in [1.54, 1.807) is 9.80 Å². The van der Waals surface area contributed by atoms with Gasteiger partial charge in [0.25, 0.3) is 0 Å². The fourth-order valence-electron chi connectivity index (χ4n) is 4.13. The number of nitrogens with two attached hydrogens (primary N) is 1. The maximum atomic E-state index is 12.4. The Labute approximate surface area is 133 Å². The molecule has 2 aliphatic heterocycles. The number of fused-ring (bicyclic) bond motifs is 1. The Morgan fingerprint density at radius 2 is 2.00 bits per heavy atom. The van der Waals surface area contributed by atoms with Gasteiger partial charge in [-0.3, -0.25) is 15.0 Å². The number of quaternary nitrogens is 3. The Kier molecular flexibility index (Phi) is 4.97. The van der Waals surface area contributed by atoms with Gasteiger partial charge in [-0.1, -0.05) is 13.8 Å². The van der Waals surface area contributed by atoms with Crippen molar-refractivity contribution in [1.82, 2.24) is 0 Å². The van der Waals surface area contributed by atoms with E-state index in [2.05, 4.69) is 25.2 Å². The molecule has 2 heterocycles. The van der Waals surface area contributed by atoms with E-state index in [1.165, 1.54) is 25.2 Å². The topological polar surface area (TPSA) is 51.8 Å². The van der Waals surface area contributed by atoms with Crippen molar-refractivity contribution in [3.05, 3.63) is 11.8 Å². The molecule has 0 spiro atoms. The van der Waals surface area contributed by atoms with Crippen LogP contribution in [0, 0.1) is 11.3 Å². The third kappa shape index (κ3) is 3.96. The first kappa shape index (κ1) is 16.1. The van der Waals surface area contributed by atoms with Gasteiger partial charge in [0.05, 0.1) is 26.3 Å². The van der Waals surface area contributed by atoms with Crippen LogP contribution in [0.15, 0.2) is 11.8 Å². The third-order valence-corrected chi connectivity index (χ3v) is 5.36. The van der Waals surface area contributed by atoms with E-state index >= 15 is 0 Å². The van der Waals surface area contributed by atoms with E-state index in [0.717, 1.165) is 39.5 Å². The number of nitrogens with one attached hydrogen (secondary N) is 2. The molecule has 0 amide bonds. The first-order chi connectivity index (χ1) is 10.5. The fourth-order valence-corrected chi connectivity index (χ4v) is 4.13. The summed E-state index contributed by atoms with van der Waals surface area (Å²) in [7, 11) is 0. The van der Waals surface area contributed by atoms with E-state index < -0.39 is 0 Å². The summed E-state index contributed by atoms with van der Waals surface area (Å²) in [5.41, 5.74) is 1.36. The molecule has 22 heavy (non-hydrogen) atoms. The Bertz CT molecular complexity index is 441. The Balaban J connectivity index is 1.46. The van der Waals surface area contributed by atoms with Gasteiger partial charge in [-0.15, -0.1) is 0 Å². The molecule has 1 unspecified atom stereocenters. The van der Waals surface area contributed by atoms with Crippen LogP contribution in [0.5, 0.6) is 0 Å². The van der Waals surface area contributed by atoms with Crippen molar-refractivity contribution >= 4 is 5.78 Å². The van der Waals surface area contributed by atoms with Crippen molar-refractivity contribution in [2.24, 2.45) is 11.3 Å². The molecule has 0 radical (unpaired) electrons. The lowest BCUT2D eigenvalue weighted by Gasteiger charge is -2.35.